The van der Waals surface area contributed by atoms with Gasteiger partial charge in [-0.05, 0) is 36.8 Å². The zero-order valence-corrected chi connectivity index (χ0v) is 16.9. The third-order valence-electron chi connectivity index (χ3n) is 5.31. The van der Waals surface area contributed by atoms with Crippen LogP contribution >= 0.6 is 0 Å². The van der Waals surface area contributed by atoms with Crippen LogP contribution in [0.25, 0.3) is 0 Å². The van der Waals surface area contributed by atoms with Crippen LogP contribution in [0.2, 0.25) is 0 Å². The molecule has 6 nitrogen and oxygen atoms in total. The summed E-state index contributed by atoms with van der Waals surface area (Å²) in [6, 6.07) is 17.2. The molecule has 1 saturated heterocycles. The van der Waals surface area contributed by atoms with Crippen LogP contribution in [0.5, 0.6) is 0 Å². The number of nitrogens with one attached hydrogen (secondary N) is 1. The number of piperazine rings is 1. The lowest BCUT2D eigenvalue weighted by Gasteiger charge is -2.38. The highest BCUT2D eigenvalue weighted by Gasteiger charge is 2.30. The fourth-order valence-corrected chi connectivity index (χ4v) is 3.81. The van der Waals surface area contributed by atoms with Gasteiger partial charge in [-0.1, -0.05) is 35.5 Å². The van der Waals surface area contributed by atoms with Crippen molar-refractivity contribution >= 4 is 11.6 Å². The number of benzene rings is 2. The number of carbonyl (C=O) groups is 1. The van der Waals surface area contributed by atoms with Gasteiger partial charge < -0.3 is 9.84 Å². The monoisotopic (exact) mass is 408 g/mol. The van der Waals surface area contributed by atoms with Crippen LogP contribution < -0.4 is 5.32 Å². The summed E-state index contributed by atoms with van der Waals surface area (Å²) in [5.41, 5.74) is 2.45. The van der Waals surface area contributed by atoms with Gasteiger partial charge >= 0.3 is 0 Å². The van der Waals surface area contributed by atoms with Crippen molar-refractivity contribution in [3.63, 3.8) is 0 Å². The van der Waals surface area contributed by atoms with E-state index < -0.39 is 6.04 Å². The number of nitrogens with zero attached hydrogens (tertiary/aromatic N) is 3. The number of hydrogen-bond acceptors (Lipinski definition) is 5. The molecular weight excluding hydrogens is 383 g/mol. The predicted molar refractivity (Wildman–Crippen MR) is 112 cm³/mol. The van der Waals surface area contributed by atoms with Gasteiger partial charge in [-0.2, -0.15) is 0 Å². The van der Waals surface area contributed by atoms with Crippen molar-refractivity contribution in [2.45, 2.75) is 19.5 Å². The van der Waals surface area contributed by atoms with E-state index >= 15 is 0 Å². The number of aryl methyl sites for hydroxylation is 1. The molecule has 4 rings (SSSR count). The smallest absolute Gasteiger partial charge is 0.246 e. The summed E-state index contributed by atoms with van der Waals surface area (Å²) >= 11 is 0. The number of aromatic nitrogens is 1. The van der Waals surface area contributed by atoms with Crippen LogP contribution in [0, 0.1) is 12.7 Å². The second kappa shape index (κ2) is 9.19. The summed E-state index contributed by atoms with van der Waals surface area (Å²) in [5, 5.41) is 7.01. The molecule has 7 heteroatoms. The van der Waals surface area contributed by atoms with E-state index in [0.29, 0.717) is 5.69 Å². The van der Waals surface area contributed by atoms with Gasteiger partial charge in [-0.25, -0.2) is 4.39 Å². The molecule has 1 amide bonds. The zero-order chi connectivity index (χ0) is 20.9. The van der Waals surface area contributed by atoms with Crippen molar-refractivity contribution in [2.24, 2.45) is 0 Å². The highest BCUT2D eigenvalue weighted by molar-refractivity contribution is 5.95. The van der Waals surface area contributed by atoms with Gasteiger partial charge in [0.2, 0.25) is 5.91 Å². The molecule has 1 unspecified atom stereocenters. The largest absolute Gasteiger partial charge is 0.361 e. The summed E-state index contributed by atoms with van der Waals surface area (Å²) in [6.07, 6.45) is 0. The van der Waals surface area contributed by atoms with E-state index in [-0.39, 0.29) is 11.7 Å². The molecule has 0 radical (unpaired) electrons. The maximum Gasteiger partial charge on any atom is 0.246 e. The summed E-state index contributed by atoms with van der Waals surface area (Å²) in [7, 11) is 0. The van der Waals surface area contributed by atoms with Gasteiger partial charge in [0.25, 0.3) is 0 Å². The van der Waals surface area contributed by atoms with E-state index in [9.17, 15) is 9.18 Å². The standard InChI is InChI=1S/C23H25FN4O2/c1-17-15-21(26-30-17)16-27-11-13-28(14-12-27)22(18-5-3-2-4-6-18)23(29)25-20-9-7-19(24)8-10-20/h2-10,15,22H,11-14,16H2,1H3,(H,25,29). The topological polar surface area (TPSA) is 61.6 Å². The summed E-state index contributed by atoms with van der Waals surface area (Å²) < 4.78 is 18.4. The van der Waals surface area contributed by atoms with Crippen molar-refractivity contribution in [2.75, 3.05) is 31.5 Å². The molecule has 1 atom stereocenters. The van der Waals surface area contributed by atoms with Gasteiger partial charge in [-0.3, -0.25) is 14.6 Å². The van der Waals surface area contributed by atoms with Crippen LogP contribution in [-0.2, 0) is 11.3 Å². The highest BCUT2D eigenvalue weighted by Crippen LogP contribution is 2.25. The Hall–Kier alpha value is -3.03. The first-order chi connectivity index (χ1) is 14.6. The lowest BCUT2D eigenvalue weighted by molar-refractivity contribution is -0.122. The molecule has 1 aliphatic heterocycles. The van der Waals surface area contributed by atoms with Gasteiger partial charge in [0.05, 0.1) is 5.69 Å². The third kappa shape index (κ3) is 4.93. The molecule has 0 spiro atoms. The van der Waals surface area contributed by atoms with Crippen LogP contribution in [0.4, 0.5) is 10.1 Å². The predicted octanol–water partition coefficient (Wildman–Crippen LogP) is 3.62. The summed E-state index contributed by atoms with van der Waals surface area (Å²) in [5.74, 6) is 0.365. The van der Waals surface area contributed by atoms with Gasteiger partial charge in [0.15, 0.2) is 0 Å². The molecule has 0 bridgehead atoms. The molecule has 156 valence electrons. The van der Waals surface area contributed by atoms with Crippen molar-refractivity contribution < 1.29 is 13.7 Å². The fourth-order valence-electron chi connectivity index (χ4n) is 3.81. The number of rotatable bonds is 6. The summed E-state index contributed by atoms with van der Waals surface area (Å²) in [6.45, 7) is 5.81. The minimum Gasteiger partial charge on any atom is -0.361 e. The van der Waals surface area contributed by atoms with Crippen molar-refractivity contribution in [1.82, 2.24) is 15.0 Å². The first-order valence-corrected chi connectivity index (χ1v) is 10.1. The Balaban J connectivity index is 1.45. The molecule has 2 heterocycles. The fraction of sp³-hybridized carbons (Fsp3) is 0.304. The Morgan fingerprint density at radius 1 is 1.10 bits per heavy atom. The van der Waals surface area contributed by atoms with Crippen LogP contribution in [0.3, 0.4) is 0 Å². The minimum atomic E-state index is -0.410. The van der Waals surface area contributed by atoms with Crippen LogP contribution in [0.15, 0.2) is 65.2 Å². The van der Waals surface area contributed by atoms with E-state index in [1.54, 1.807) is 12.1 Å². The molecule has 2 aromatic carbocycles. The molecule has 1 aliphatic rings. The average molecular weight is 408 g/mol. The Morgan fingerprint density at radius 2 is 1.80 bits per heavy atom. The number of amides is 1. The molecule has 3 aromatic rings. The van der Waals surface area contributed by atoms with E-state index in [4.69, 9.17) is 4.52 Å². The second-order valence-corrected chi connectivity index (χ2v) is 7.55. The molecule has 0 aliphatic carbocycles. The maximum absolute atomic E-state index is 13.2. The third-order valence-corrected chi connectivity index (χ3v) is 5.31. The lowest BCUT2D eigenvalue weighted by atomic mass is 10.0. The molecule has 0 saturated carbocycles. The summed E-state index contributed by atoms with van der Waals surface area (Å²) in [4.78, 5) is 17.7. The van der Waals surface area contributed by atoms with Crippen LogP contribution in [0.1, 0.15) is 23.1 Å². The Labute approximate surface area is 175 Å². The Morgan fingerprint density at radius 3 is 2.43 bits per heavy atom. The van der Waals surface area contributed by atoms with E-state index in [1.807, 2.05) is 43.3 Å². The average Bonchev–Trinajstić information content (AvgIpc) is 3.16. The number of hydrogen-bond donors (Lipinski definition) is 1. The normalized spacial score (nSPS) is 16.3. The Bertz CT molecular complexity index is 966. The van der Waals surface area contributed by atoms with Crippen molar-refractivity contribution in [3.8, 4) is 0 Å². The molecule has 1 fully saturated rings. The van der Waals surface area contributed by atoms with Crippen molar-refractivity contribution in [3.05, 3.63) is 83.5 Å². The van der Waals surface area contributed by atoms with Gasteiger partial charge in [0, 0.05) is 44.5 Å². The molecule has 1 aromatic heterocycles. The van der Waals surface area contributed by atoms with E-state index in [0.717, 1.165) is 49.7 Å². The Kier molecular flexibility index (Phi) is 6.21. The highest BCUT2D eigenvalue weighted by atomic mass is 19.1. The molecular formula is C23H25FN4O2. The van der Waals surface area contributed by atoms with E-state index in [1.165, 1.54) is 12.1 Å². The maximum atomic E-state index is 13.2. The quantitative estimate of drug-likeness (QED) is 0.675. The lowest BCUT2D eigenvalue weighted by Crippen LogP contribution is -2.49. The number of halogens is 1. The zero-order valence-electron chi connectivity index (χ0n) is 16.9. The number of anilines is 1. The number of carbonyl (C=O) groups excluding carboxylic acids is 1. The SMILES string of the molecule is Cc1cc(CN2CCN(C(C(=O)Nc3ccc(F)cc3)c3ccccc3)CC2)no1. The van der Waals surface area contributed by atoms with Crippen molar-refractivity contribution in [1.29, 1.82) is 0 Å². The minimum absolute atomic E-state index is 0.117. The van der Waals surface area contributed by atoms with Gasteiger partial charge in [-0.15, -0.1) is 0 Å². The first kappa shape index (κ1) is 20.3. The molecule has 30 heavy (non-hydrogen) atoms. The van der Waals surface area contributed by atoms with Gasteiger partial charge in [0.1, 0.15) is 17.6 Å². The first-order valence-electron chi connectivity index (χ1n) is 10.1. The van der Waals surface area contributed by atoms with E-state index in [2.05, 4.69) is 20.3 Å². The van der Waals surface area contributed by atoms with Crippen LogP contribution in [-0.4, -0.2) is 47.0 Å². The second-order valence-electron chi connectivity index (χ2n) is 7.55. The molecule has 1 N–H and O–H groups in total.